The molecule has 3 N–H and O–H groups in total. The number of amides is 1. The quantitative estimate of drug-likeness (QED) is 0.844. The summed E-state index contributed by atoms with van der Waals surface area (Å²) in [4.78, 5) is 11.0. The molecule has 0 saturated heterocycles. The molecule has 2 rings (SSSR count). The fourth-order valence-corrected chi connectivity index (χ4v) is 1.83. The largest absolute Gasteiger partial charge is 0.380 e. The maximum absolute atomic E-state index is 13.6. The summed E-state index contributed by atoms with van der Waals surface area (Å²) in [5, 5.41) is 3.13. The minimum Gasteiger partial charge on any atom is -0.380 e. The number of hydrogen-bond acceptors (Lipinski definition) is 2. The minimum atomic E-state index is -0.543. The van der Waals surface area contributed by atoms with Gasteiger partial charge < -0.3 is 11.1 Å². The van der Waals surface area contributed by atoms with Crippen molar-refractivity contribution < 1.29 is 9.18 Å². The fraction of sp³-hybridized carbons (Fsp3) is 0.462. The summed E-state index contributed by atoms with van der Waals surface area (Å²) in [5.41, 5.74) is 6.09. The van der Waals surface area contributed by atoms with E-state index in [-0.39, 0.29) is 17.3 Å². The van der Waals surface area contributed by atoms with Crippen molar-refractivity contribution in [3.8, 4) is 0 Å². The Morgan fingerprint density at radius 3 is 2.71 bits per heavy atom. The lowest BCUT2D eigenvalue weighted by Crippen LogP contribution is -2.25. The number of rotatable bonds is 4. The molecule has 0 radical (unpaired) electrons. The molecule has 0 spiro atoms. The summed E-state index contributed by atoms with van der Waals surface area (Å²) in [6.07, 6.45) is 2.30. The van der Waals surface area contributed by atoms with Gasteiger partial charge in [0.2, 0.25) is 5.91 Å². The van der Waals surface area contributed by atoms with Gasteiger partial charge in [0.25, 0.3) is 0 Å². The van der Waals surface area contributed by atoms with Gasteiger partial charge in [-0.05, 0) is 43.4 Å². The third-order valence-corrected chi connectivity index (χ3v) is 3.71. The van der Waals surface area contributed by atoms with Crippen molar-refractivity contribution in [1.82, 2.24) is 0 Å². The molecule has 1 aliphatic carbocycles. The Morgan fingerprint density at radius 1 is 1.53 bits per heavy atom. The molecule has 1 fully saturated rings. The van der Waals surface area contributed by atoms with Crippen LogP contribution in [0, 0.1) is 11.2 Å². The highest BCUT2D eigenvalue weighted by molar-refractivity contribution is 5.93. The molecule has 92 valence electrons. The molecule has 17 heavy (non-hydrogen) atoms. The van der Waals surface area contributed by atoms with Gasteiger partial charge >= 0.3 is 0 Å². The third-order valence-electron chi connectivity index (χ3n) is 3.71. The van der Waals surface area contributed by atoms with Crippen LogP contribution in [0.4, 0.5) is 10.1 Å². The molecule has 0 bridgehead atoms. The van der Waals surface area contributed by atoms with Crippen LogP contribution in [0.1, 0.15) is 37.0 Å². The number of hydrogen-bond donors (Lipinski definition) is 2. The van der Waals surface area contributed by atoms with Crippen molar-refractivity contribution in [3.05, 3.63) is 29.6 Å². The minimum absolute atomic E-state index is 0.181. The molecule has 1 aromatic carbocycles. The van der Waals surface area contributed by atoms with Gasteiger partial charge in [-0.1, -0.05) is 6.92 Å². The Hall–Kier alpha value is -1.58. The number of nitrogens with one attached hydrogen (secondary N) is 1. The van der Waals surface area contributed by atoms with E-state index in [1.165, 1.54) is 18.2 Å². The first-order chi connectivity index (χ1) is 7.92. The van der Waals surface area contributed by atoms with E-state index in [1.54, 1.807) is 0 Å². The predicted molar refractivity (Wildman–Crippen MR) is 65.3 cm³/mol. The predicted octanol–water partition coefficient (Wildman–Crippen LogP) is 2.53. The zero-order chi connectivity index (χ0) is 12.6. The van der Waals surface area contributed by atoms with Gasteiger partial charge in [0.15, 0.2) is 0 Å². The van der Waals surface area contributed by atoms with Crippen LogP contribution >= 0.6 is 0 Å². The zero-order valence-corrected chi connectivity index (χ0v) is 10.1. The van der Waals surface area contributed by atoms with E-state index in [1.807, 2.05) is 6.92 Å². The Balaban J connectivity index is 2.19. The van der Waals surface area contributed by atoms with Crippen LogP contribution < -0.4 is 11.1 Å². The highest BCUT2D eigenvalue weighted by atomic mass is 19.1. The number of primary amides is 1. The molecule has 4 heteroatoms. The monoisotopic (exact) mass is 236 g/mol. The van der Waals surface area contributed by atoms with Gasteiger partial charge in [-0.25, -0.2) is 4.39 Å². The van der Waals surface area contributed by atoms with Crippen molar-refractivity contribution in [1.29, 1.82) is 0 Å². The number of nitrogens with two attached hydrogens (primary N) is 1. The molecule has 0 aromatic heterocycles. The lowest BCUT2D eigenvalue weighted by Gasteiger charge is -2.22. The van der Waals surface area contributed by atoms with E-state index < -0.39 is 5.91 Å². The smallest absolute Gasteiger partial charge is 0.248 e. The highest BCUT2D eigenvalue weighted by Gasteiger charge is 2.42. The molecule has 1 atom stereocenters. The van der Waals surface area contributed by atoms with E-state index in [9.17, 15) is 9.18 Å². The standard InChI is InChI=1S/C13H17FN2O/c1-8(13(2)5-6-13)16-11-7-9(12(15)17)3-4-10(11)14/h3-4,7-8,16H,5-6H2,1-2H3,(H2,15,17). The summed E-state index contributed by atoms with van der Waals surface area (Å²) in [5.74, 6) is -0.899. The maximum Gasteiger partial charge on any atom is 0.248 e. The number of benzene rings is 1. The van der Waals surface area contributed by atoms with E-state index in [2.05, 4.69) is 12.2 Å². The maximum atomic E-state index is 13.6. The van der Waals surface area contributed by atoms with E-state index in [4.69, 9.17) is 5.73 Å². The summed E-state index contributed by atoms with van der Waals surface area (Å²) in [7, 11) is 0. The molecule has 0 heterocycles. The van der Waals surface area contributed by atoms with Gasteiger partial charge in [-0.3, -0.25) is 4.79 Å². The fourth-order valence-electron chi connectivity index (χ4n) is 1.83. The van der Waals surface area contributed by atoms with E-state index in [0.717, 1.165) is 12.8 Å². The van der Waals surface area contributed by atoms with Crippen LogP contribution in [0.5, 0.6) is 0 Å². The van der Waals surface area contributed by atoms with Crippen LogP contribution in [0.3, 0.4) is 0 Å². The second-order valence-electron chi connectivity index (χ2n) is 5.08. The van der Waals surface area contributed by atoms with Crippen molar-refractivity contribution >= 4 is 11.6 Å². The van der Waals surface area contributed by atoms with Crippen LogP contribution in [-0.4, -0.2) is 11.9 Å². The molecule has 1 unspecified atom stereocenters. The topological polar surface area (TPSA) is 55.1 Å². The van der Waals surface area contributed by atoms with Gasteiger partial charge in [0.1, 0.15) is 5.82 Å². The van der Waals surface area contributed by atoms with Crippen LogP contribution in [0.15, 0.2) is 18.2 Å². The Morgan fingerprint density at radius 2 is 2.18 bits per heavy atom. The molecule has 3 nitrogen and oxygen atoms in total. The molecule has 1 aliphatic rings. The average Bonchev–Trinajstić information content (AvgIpc) is 3.00. The van der Waals surface area contributed by atoms with Crippen molar-refractivity contribution in [2.75, 3.05) is 5.32 Å². The lowest BCUT2D eigenvalue weighted by molar-refractivity contribution is 0.100. The normalized spacial score (nSPS) is 18.5. The van der Waals surface area contributed by atoms with Crippen molar-refractivity contribution in [2.45, 2.75) is 32.7 Å². The summed E-state index contributed by atoms with van der Waals surface area (Å²) >= 11 is 0. The first-order valence-corrected chi connectivity index (χ1v) is 5.78. The number of halogens is 1. The molecule has 1 aromatic rings. The van der Waals surface area contributed by atoms with Gasteiger partial charge in [0, 0.05) is 11.6 Å². The van der Waals surface area contributed by atoms with Crippen molar-refractivity contribution in [2.24, 2.45) is 11.1 Å². The van der Waals surface area contributed by atoms with E-state index >= 15 is 0 Å². The number of anilines is 1. The number of carbonyl (C=O) groups is 1. The molecular formula is C13H17FN2O. The van der Waals surface area contributed by atoms with Gasteiger partial charge in [-0.15, -0.1) is 0 Å². The third kappa shape index (κ3) is 2.40. The lowest BCUT2D eigenvalue weighted by atomic mass is 10.0. The first-order valence-electron chi connectivity index (χ1n) is 5.78. The van der Waals surface area contributed by atoms with Gasteiger partial charge in [0.05, 0.1) is 5.69 Å². The zero-order valence-electron chi connectivity index (χ0n) is 10.1. The van der Waals surface area contributed by atoms with Crippen molar-refractivity contribution in [3.63, 3.8) is 0 Å². The average molecular weight is 236 g/mol. The number of carbonyl (C=O) groups excluding carboxylic acids is 1. The summed E-state index contributed by atoms with van der Waals surface area (Å²) in [6.45, 7) is 4.20. The molecule has 0 aliphatic heterocycles. The van der Waals surface area contributed by atoms with Crippen LogP contribution in [0.25, 0.3) is 0 Å². The van der Waals surface area contributed by atoms with Crippen LogP contribution in [-0.2, 0) is 0 Å². The molecular weight excluding hydrogens is 219 g/mol. The van der Waals surface area contributed by atoms with Crippen LogP contribution in [0.2, 0.25) is 0 Å². The molecule has 1 amide bonds. The summed E-state index contributed by atoms with van der Waals surface area (Å²) in [6, 6.07) is 4.32. The Kier molecular flexibility index (Phi) is 2.81. The highest BCUT2D eigenvalue weighted by Crippen LogP contribution is 2.48. The Bertz CT molecular complexity index is 455. The van der Waals surface area contributed by atoms with E-state index in [0.29, 0.717) is 11.3 Å². The second-order valence-corrected chi connectivity index (χ2v) is 5.08. The summed E-state index contributed by atoms with van der Waals surface area (Å²) < 4.78 is 13.6. The first kappa shape index (κ1) is 11.9. The SMILES string of the molecule is CC(Nc1cc(C(N)=O)ccc1F)C1(C)CC1. The second kappa shape index (κ2) is 4.02. The Labute approximate surface area is 100 Å². The molecule has 1 saturated carbocycles. The van der Waals surface area contributed by atoms with Gasteiger partial charge in [-0.2, -0.15) is 0 Å².